The number of halogens is 1. The number of carbonyl (C=O) groups excluding carboxylic acids is 1. The average molecular weight is 449 g/mol. The van der Waals surface area contributed by atoms with Crippen LogP contribution in [0.5, 0.6) is 0 Å². The summed E-state index contributed by atoms with van der Waals surface area (Å²) < 4.78 is 6.11. The molecule has 0 aliphatic carbocycles. The van der Waals surface area contributed by atoms with E-state index >= 15 is 0 Å². The van der Waals surface area contributed by atoms with E-state index < -0.39 is 0 Å². The van der Waals surface area contributed by atoms with Crippen molar-refractivity contribution in [1.29, 1.82) is 0 Å². The standard InChI is InChI=1S/C19H17BrN2O2S2/c1-24-19(23)17-7-12-2-3-15(20)6-14(12)8-22(17)9-16-11-26-18(21-16)13-4-5-25-10-13/h2-6,10-11,17H,7-9H2,1H3. The zero-order valence-corrected chi connectivity index (χ0v) is 17.4. The maximum Gasteiger partial charge on any atom is 0.323 e. The molecular weight excluding hydrogens is 432 g/mol. The van der Waals surface area contributed by atoms with Gasteiger partial charge in [-0.2, -0.15) is 11.3 Å². The van der Waals surface area contributed by atoms with Crippen molar-refractivity contribution in [2.45, 2.75) is 25.6 Å². The second-order valence-electron chi connectivity index (χ2n) is 6.22. The highest BCUT2D eigenvalue weighted by Crippen LogP contribution is 2.30. The van der Waals surface area contributed by atoms with Crippen molar-refractivity contribution >= 4 is 44.6 Å². The molecule has 0 radical (unpaired) electrons. The van der Waals surface area contributed by atoms with Crippen molar-refractivity contribution in [3.8, 4) is 10.6 Å². The minimum absolute atomic E-state index is 0.188. The van der Waals surface area contributed by atoms with Crippen LogP contribution in [-0.2, 0) is 29.0 Å². The van der Waals surface area contributed by atoms with Crippen molar-refractivity contribution in [1.82, 2.24) is 9.88 Å². The quantitative estimate of drug-likeness (QED) is 0.540. The molecule has 1 unspecified atom stereocenters. The molecule has 3 heterocycles. The first-order chi connectivity index (χ1) is 12.6. The van der Waals surface area contributed by atoms with Crippen molar-refractivity contribution < 1.29 is 9.53 Å². The lowest BCUT2D eigenvalue weighted by Gasteiger charge is -2.34. The van der Waals surface area contributed by atoms with E-state index in [-0.39, 0.29) is 12.0 Å². The Kier molecular flexibility index (Phi) is 5.22. The Hall–Kier alpha value is -1.54. The molecule has 3 aromatic rings. The van der Waals surface area contributed by atoms with Crippen LogP contribution in [0, 0.1) is 0 Å². The van der Waals surface area contributed by atoms with E-state index in [1.54, 1.807) is 22.7 Å². The SMILES string of the molecule is COC(=O)C1Cc2ccc(Br)cc2CN1Cc1csc(-c2ccsc2)n1. The van der Waals surface area contributed by atoms with Gasteiger partial charge < -0.3 is 4.74 Å². The van der Waals surface area contributed by atoms with Crippen LogP contribution >= 0.6 is 38.6 Å². The monoisotopic (exact) mass is 448 g/mol. The van der Waals surface area contributed by atoms with Crippen LogP contribution in [0.1, 0.15) is 16.8 Å². The van der Waals surface area contributed by atoms with E-state index in [4.69, 9.17) is 9.72 Å². The molecule has 0 amide bonds. The fourth-order valence-corrected chi connectivity index (χ4v) is 5.18. The molecule has 0 saturated carbocycles. The number of fused-ring (bicyclic) bond motifs is 1. The average Bonchev–Trinajstić information content (AvgIpc) is 3.32. The minimum atomic E-state index is -0.278. The summed E-state index contributed by atoms with van der Waals surface area (Å²) in [6, 6.07) is 8.05. The molecule has 26 heavy (non-hydrogen) atoms. The summed E-state index contributed by atoms with van der Waals surface area (Å²) in [6.45, 7) is 1.34. The summed E-state index contributed by atoms with van der Waals surface area (Å²) in [4.78, 5) is 19.3. The van der Waals surface area contributed by atoms with E-state index in [1.807, 2.05) is 6.07 Å². The molecule has 0 fully saturated rings. The molecule has 0 bridgehead atoms. The van der Waals surface area contributed by atoms with Crippen LogP contribution in [0.25, 0.3) is 10.6 Å². The van der Waals surface area contributed by atoms with E-state index in [2.05, 4.69) is 55.2 Å². The van der Waals surface area contributed by atoms with E-state index in [9.17, 15) is 4.79 Å². The molecule has 1 atom stereocenters. The zero-order chi connectivity index (χ0) is 18.1. The normalized spacial score (nSPS) is 17.1. The second-order valence-corrected chi connectivity index (χ2v) is 8.77. The van der Waals surface area contributed by atoms with Gasteiger partial charge in [0.05, 0.1) is 12.8 Å². The predicted molar refractivity (Wildman–Crippen MR) is 108 cm³/mol. The smallest absolute Gasteiger partial charge is 0.323 e. The number of methoxy groups -OCH3 is 1. The van der Waals surface area contributed by atoms with Gasteiger partial charge in [0.2, 0.25) is 0 Å². The molecule has 0 N–H and O–H groups in total. The van der Waals surface area contributed by atoms with Gasteiger partial charge in [0, 0.05) is 33.9 Å². The first-order valence-corrected chi connectivity index (χ1v) is 10.8. The maximum atomic E-state index is 12.3. The Labute approximate surface area is 168 Å². The van der Waals surface area contributed by atoms with Gasteiger partial charge in [0.15, 0.2) is 0 Å². The number of hydrogen-bond donors (Lipinski definition) is 0. The van der Waals surface area contributed by atoms with Gasteiger partial charge in [-0.25, -0.2) is 4.98 Å². The molecule has 7 heteroatoms. The van der Waals surface area contributed by atoms with E-state index in [1.165, 1.54) is 18.2 Å². The number of thiophene rings is 1. The molecule has 134 valence electrons. The Bertz CT molecular complexity index is 924. The highest BCUT2D eigenvalue weighted by Gasteiger charge is 2.32. The lowest BCUT2D eigenvalue weighted by atomic mass is 9.94. The largest absolute Gasteiger partial charge is 0.468 e. The van der Waals surface area contributed by atoms with Crippen molar-refractivity contribution in [3.05, 3.63) is 61.7 Å². The Morgan fingerprint density at radius 2 is 2.23 bits per heavy atom. The van der Waals surface area contributed by atoms with Gasteiger partial charge in [-0.15, -0.1) is 11.3 Å². The van der Waals surface area contributed by atoms with Crippen LogP contribution in [0.3, 0.4) is 0 Å². The number of ether oxygens (including phenoxy) is 1. The van der Waals surface area contributed by atoms with Gasteiger partial charge in [0.1, 0.15) is 11.0 Å². The first kappa shape index (κ1) is 17.9. The number of hydrogen-bond acceptors (Lipinski definition) is 6. The highest BCUT2D eigenvalue weighted by atomic mass is 79.9. The topological polar surface area (TPSA) is 42.4 Å². The molecule has 4 nitrogen and oxygen atoms in total. The summed E-state index contributed by atoms with van der Waals surface area (Å²) in [7, 11) is 1.45. The van der Waals surface area contributed by atoms with Crippen LogP contribution in [0.4, 0.5) is 0 Å². The van der Waals surface area contributed by atoms with Crippen molar-refractivity contribution in [3.63, 3.8) is 0 Å². The fourth-order valence-electron chi connectivity index (χ4n) is 3.25. The Balaban J connectivity index is 1.59. The maximum absolute atomic E-state index is 12.3. The molecular formula is C19H17BrN2O2S2. The van der Waals surface area contributed by atoms with Crippen molar-refractivity contribution in [2.24, 2.45) is 0 Å². The Morgan fingerprint density at radius 3 is 3.00 bits per heavy atom. The molecule has 0 saturated heterocycles. The minimum Gasteiger partial charge on any atom is -0.468 e. The van der Waals surface area contributed by atoms with Crippen LogP contribution < -0.4 is 0 Å². The third kappa shape index (κ3) is 3.62. The predicted octanol–water partition coefficient (Wildman–Crippen LogP) is 4.73. The third-order valence-electron chi connectivity index (χ3n) is 4.55. The molecule has 1 aliphatic rings. The third-order valence-corrected chi connectivity index (χ3v) is 6.67. The summed E-state index contributed by atoms with van der Waals surface area (Å²) in [5.74, 6) is -0.188. The van der Waals surface area contributed by atoms with Crippen molar-refractivity contribution in [2.75, 3.05) is 7.11 Å². The van der Waals surface area contributed by atoms with Crippen LogP contribution in [-0.4, -0.2) is 29.0 Å². The Morgan fingerprint density at radius 1 is 1.35 bits per heavy atom. The zero-order valence-electron chi connectivity index (χ0n) is 14.1. The van der Waals surface area contributed by atoms with Gasteiger partial charge in [-0.1, -0.05) is 22.0 Å². The van der Waals surface area contributed by atoms with Gasteiger partial charge >= 0.3 is 5.97 Å². The summed E-state index contributed by atoms with van der Waals surface area (Å²) >= 11 is 6.86. The number of nitrogens with zero attached hydrogens (tertiary/aromatic N) is 2. The van der Waals surface area contributed by atoms with Crippen LogP contribution in [0.15, 0.2) is 44.9 Å². The number of esters is 1. The highest BCUT2D eigenvalue weighted by molar-refractivity contribution is 9.10. The number of aromatic nitrogens is 1. The van der Waals surface area contributed by atoms with Gasteiger partial charge in [0.25, 0.3) is 0 Å². The molecule has 4 rings (SSSR count). The lowest BCUT2D eigenvalue weighted by Crippen LogP contribution is -2.45. The number of thiazole rings is 1. The second kappa shape index (κ2) is 7.60. The number of carbonyl (C=O) groups is 1. The molecule has 1 aliphatic heterocycles. The summed E-state index contributed by atoms with van der Waals surface area (Å²) in [5.41, 5.74) is 4.59. The van der Waals surface area contributed by atoms with Gasteiger partial charge in [-0.05, 0) is 41.1 Å². The van der Waals surface area contributed by atoms with E-state index in [0.717, 1.165) is 20.7 Å². The lowest BCUT2D eigenvalue weighted by molar-refractivity contribution is -0.148. The molecule has 1 aromatic carbocycles. The summed E-state index contributed by atoms with van der Waals surface area (Å²) in [6.07, 6.45) is 0.664. The van der Waals surface area contributed by atoms with Crippen LogP contribution in [0.2, 0.25) is 0 Å². The number of benzene rings is 1. The first-order valence-electron chi connectivity index (χ1n) is 8.20. The molecule has 0 spiro atoms. The summed E-state index contributed by atoms with van der Waals surface area (Å²) in [5, 5.41) is 7.27. The fraction of sp³-hybridized carbons (Fsp3) is 0.263. The van der Waals surface area contributed by atoms with Gasteiger partial charge in [-0.3, -0.25) is 9.69 Å². The molecule has 2 aromatic heterocycles. The van der Waals surface area contributed by atoms with E-state index in [0.29, 0.717) is 19.5 Å². The number of rotatable bonds is 4.